The van der Waals surface area contributed by atoms with Crippen molar-refractivity contribution in [2.75, 3.05) is 0 Å². The molecule has 1 fully saturated rings. The van der Waals surface area contributed by atoms with Crippen molar-refractivity contribution in [3.63, 3.8) is 0 Å². The summed E-state index contributed by atoms with van der Waals surface area (Å²) in [5.74, 6) is 2.53. The Labute approximate surface area is 177 Å². The Morgan fingerprint density at radius 3 is 2.20 bits per heavy atom. The smallest absolute Gasteiger partial charge is 0.148 e. The van der Waals surface area contributed by atoms with Crippen LogP contribution in [0.15, 0.2) is 24.4 Å². The fourth-order valence-corrected chi connectivity index (χ4v) is 5.60. The Balaban J connectivity index is 1.74. The summed E-state index contributed by atoms with van der Waals surface area (Å²) in [4.78, 5) is 15.2. The summed E-state index contributed by atoms with van der Waals surface area (Å²) in [7, 11) is 0. The predicted molar refractivity (Wildman–Crippen MR) is 123 cm³/mol. The second-order valence-corrected chi connectivity index (χ2v) is 11.5. The molecule has 154 valence electrons. The van der Waals surface area contributed by atoms with Gasteiger partial charge in [-0.25, -0.2) is 9.97 Å². The highest BCUT2D eigenvalue weighted by Gasteiger charge is 2.37. The van der Waals surface area contributed by atoms with E-state index >= 15 is 0 Å². The summed E-state index contributed by atoms with van der Waals surface area (Å²) in [5, 5.41) is 1.18. The predicted octanol–water partition coefficient (Wildman–Crippen LogP) is 6.39. The van der Waals surface area contributed by atoms with Crippen LogP contribution in [0.1, 0.15) is 95.3 Å². The van der Waals surface area contributed by atoms with Crippen LogP contribution in [0.3, 0.4) is 0 Å². The zero-order valence-corrected chi connectivity index (χ0v) is 18.9. The van der Waals surface area contributed by atoms with Crippen LogP contribution in [0.4, 0.5) is 0 Å². The molecule has 2 aliphatic rings. The quantitative estimate of drug-likeness (QED) is 0.345. The first-order valence-corrected chi connectivity index (χ1v) is 11.3. The number of hydrogen-bond acceptors (Lipinski definition) is 3. The van der Waals surface area contributed by atoms with Gasteiger partial charge in [-0.1, -0.05) is 41.5 Å². The van der Waals surface area contributed by atoms with Gasteiger partial charge < -0.3 is 0 Å². The van der Waals surface area contributed by atoms with Crippen molar-refractivity contribution in [1.29, 1.82) is 0 Å². The minimum absolute atomic E-state index is 0.00275. The molecule has 30 heavy (non-hydrogen) atoms. The monoisotopic (exact) mass is 398 g/mol. The third-order valence-electron chi connectivity index (χ3n) is 7.17. The van der Waals surface area contributed by atoms with Gasteiger partial charge in [-0.3, -0.25) is 9.38 Å². The van der Waals surface area contributed by atoms with Gasteiger partial charge in [-0.15, -0.1) is 0 Å². The van der Waals surface area contributed by atoms with Crippen LogP contribution in [0.25, 0.3) is 27.6 Å². The molecule has 4 heteroatoms. The number of imidazole rings is 1. The minimum atomic E-state index is -0.0964. The van der Waals surface area contributed by atoms with Gasteiger partial charge in [0.2, 0.25) is 0 Å². The van der Waals surface area contributed by atoms with Crippen LogP contribution >= 0.6 is 0 Å². The van der Waals surface area contributed by atoms with Crippen molar-refractivity contribution >= 4 is 27.6 Å². The third kappa shape index (κ3) is 2.42. The Hall–Kier alpha value is -2.49. The van der Waals surface area contributed by atoms with Crippen molar-refractivity contribution in [1.82, 2.24) is 19.4 Å². The van der Waals surface area contributed by atoms with Gasteiger partial charge in [0.05, 0.1) is 22.7 Å². The van der Waals surface area contributed by atoms with E-state index in [9.17, 15) is 0 Å². The van der Waals surface area contributed by atoms with Crippen LogP contribution in [-0.4, -0.2) is 19.4 Å². The SMILES string of the molecule is CC(C)(C)c1cc2nc3c4cc5c(cc4nc(C(C)(C)C)n3c2cn1)C1CCC5C1. The summed E-state index contributed by atoms with van der Waals surface area (Å²) >= 11 is 0. The highest BCUT2D eigenvalue weighted by Crippen LogP contribution is 2.54. The summed E-state index contributed by atoms with van der Waals surface area (Å²) < 4.78 is 2.26. The summed E-state index contributed by atoms with van der Waals surface area (Å²) in [6, 6.07) is 6.95. The molecule has 4 aromatic rings. The molecular weight excluding hydrogens is 368 g/mol. The molecule has 4 nitrogen and oxygen atoms in total. The molecule has 0 radical (unpaired) electrons. The zero-order chi connectivity index (χ0) is 21.0. The van der Waals surface area contributed by atoms with Crippen LogP contribution in [0.2, 0.25) is 0 Å². The van der Waals surface area contributed by atoms with Crippen molar-refractivity contribution < 1.29 is 0 Å². The zero-order valence-electron chi connectivity index (χ0n) is 18.9. The molecule has 6 rings (SSSR count). The maximum absolute atomic E-state index is 5.22. The molecule has 0 spiro atoms. The van der Waals surface area contributed by atoms with Gasteiger partial charge in [-0.05, 0) is 60.4 Å². The summed E-state index contributed by atoms with van der Waals surface area (Å²) in [5.41, 5.74) is 8.26. The van der Waals surface area contributed by atoms with Gasteiger partial charge >= 0.3 is 0 Å². The number of hydrogen-bond donors (Lipinski definition) is 0. The van der Waals surface area contributed by atoms with Crippen molar-refractivity contribution in [2.24, 2.45) is 0 Å². The molecule has 1 aromatic carbocycles. The van der Waals surface area contributed by atoms with E-state index in [1.807, 2.05) is 6.20 Å². The normalized spacial score (nSPS) is 21.3. The van der Waals surface area contributed by atoms with E-state index in [4.69, 9.17) is 15.0 Å². The van der Waals surface area contributed by atoms with Gasteiger partial charge in [0.25, 0.3) is 0 Å². The number of nitrogens with zero attached hydrogens (tertiary/aromatic N) is 4. The molecule has 0 saturated heterocycles. The second-order valence-electron chi connectivity index (χ2n) is 11.5. The van der Waals surface area contributed by atoms with E-state index in [1.54, 1.807) is 11.1 Å². The van der Waals surface area contributed by atoms with Crippen molar-refractivity contribution in [2.45, 2.75) is 83.5 Å². The first kappa shape index (κ1) is 18.3. The third-order valence-corrected chi connectivity index (χ3v) is 7.17. The van der Waals surface area contributed by atoms with Gasteiger partial charge in [-0.2, -0.15) is 0 Å². The van der Waals surface area contributed by atoms with Crippen LogP contribution in [-0.2, 0) is 10.8 Å². The average molecular weight is 399 g/mol. The first-order chi connectivity index (χ1) is 14.1. The van der Waals surface area contributed by atoms with Crippen molar-refractivity contribution in [3.05, 3.63) is 47.0 Å². The van der Waals surface area contributed by atoms with E-state index in [-0.39, 0.29) is 10.8 Å². The van der Waals surface area contributed by atoms with Gasteiger partial charge in [0.15, 0.2) is 0 Å². The fraction of sp³-hybridized carbons (Fsp3) is 0.500. The molecule has 0 amide bonds. The topological polar surface area (TPSA) is 43.1 Å². The Morgan fingerprint density at radius 2 is 1.53 bits per heavy atom. The number of rotatable bonds is 0. The van der Waals surface area contributed by atoms with Crippen molar-refractivity contribution in [3.8, 4) is 0 Å². The molecule has 2 aliphatic carbocycles. The number of fused-ring (bicyclic) bond motifs is 10. The number of aromatic nitrogens is 4. The molecule has 3 aromatic heterocycles. The lowest BCUT2D eigenvalue weighted by molar-refractivity contribution is 0.542. The maximum Gasteiger partial charge on any atom is 0.148 e. The number of pyridine rings is 1. The lowest BCUT2D eigenvalue weighted by atomic mass is 9.90. The largest absolute Gasteiger partial charge is 0.278 e. The van der Waals surface area contributed by atoms with Gasteiger partial charge in [0.1, 0.15) is 11.5 Å². The fourth-order valence-electron chi connectivity index (χ4n) is 5.60. The van der Waals surface area contributed by atoms with E-state index in [0.29, 0.717) is 0 Å². The molecule has 0 aliphatic heterocycles. The average Bonchev–Trinajstić information content (AvgIpc) is 3.37. The molecule has 0 N–H and O–H groups in total. The van der Waals surface area contributed by atoms with Crippen LogP contribution < -0.4 is 0 Å². The van der Waals surface area contributed by atoms with Gasteiger partial charge in [0, 0.05) is 21.9 Å². The second kappa shape index (κ2) is 5.60. The van der Waals surface area contributed by atoms with E-state index in [1.165, 1.54) is 24.6 Å². The first-order valence-electron chi connectivity index (χ1n) is 11.3. The Bertz CT molecular complexity index is 1350. The maximum atomic E-state index is 5.22. The molecule has 2 bridgehead atoms. The number of benzene rings is 1. The summed E-state index contributed by atoms with van der Waals surface area (Å²) in [6.45, 7) is 13.3. The van der Waals surface area contributed by atoms with E-state index in [0.717, 1.165) is 45.6 Å². The highest BCUT2D eigenvalue weighted by molar-refractivity contribution is 5.97. The Morgan fingerprint density at radius 1 is 0.833 bits per heavy atom. The lowest BCUT2D eigenvalue weighted by Crippen LogP contribution is -2.19. The molecule has 2 atom stereocenters. The lowest BCUT2D eigenvalue weighted by Gasteiger charge is -2.22. The van der Waals surface area contributed by atoms with E-state index < -0.39 is 0 Å². The van der Waals surface area contributed by atoms with Crippen LogP contribution in [0.5, 0.6) is 0 Å². The highest BCUT2D eigenvalue weighted by atomic mass is 15.1. The molecule has 2 unspecified atom stereocenters. The van der Waals surface area contributed by atoms with E-state index in [2.05, 4.69) is 64.1 Å². The molecule has 3 heterocycles. The Kier molecular flexibility index (Phi) is 3.41. The van der Waals surface area contributed by atoms with Crippen LogP contribution in [0, 0.1) is 0 Å². The molecular formula is C26H30N4. The standard InChI is InChI=1S/C26H30N4/c1-25(2,3)22-12-20-21(13-27-22)30-23(28-20)18-10-16-14-7-8-15(9-14)17(16)11-19(18)29-24(30)26(4,5)6/h10-15H,7-9H2,1-6H3. The molecule has 1 saturated carbocycles. The summed E-state index contributed by atoms with van der Waals surface area (Å²) in [6.07, 6.45) is 5.99. The minimum Gasteiger partial charge on any atom is -0.278 e.